The molecule has 1 N–H and O–H groups in total. The van der Waals surface area contributed by atoms with Gasteiger partial charge in [-0.05, 0) is 40.3 Å². The Morgan fingerprint density at radius 3 is 2.50 bits per heavy atom. The van der Waals surface area contributed by atoms with Crippen LogP contribution in [-0.4, -0.2) is 25.7 Å². The van der Waals surface area contributed by atoms with E-state index in [0.29, 0.717) is 9.13 Å². The maximum atomic E-state index is 11.1. The molecule has 1 rings (SSSR count). The molecule has 4 nitrogen and oxygen atoms in total. The lowest BCUT2D eigenvalue weighted by molar-refractivity contribution is 0.0697. The number of benzene rings is 1. The molecule has 0 aliphatic heterocycles. The van der Waals surface area contributed by atoms with Crippen molar-refractivity contribution in [1.29, 1.82) is 0 Å². The van der Waals surface area contributed by atoms with Crippen LogP contribution in [0.3, 0.4) is 0 Å². The van der Waals surface area contributed by atoms with Gasteiger partial charge in [-0.2, -0.15) is 0 Å². The molecule has 0 heterocycles. The molecule has 88 valence electrons. The van der Waals surface area contributed by atoms with Crippen LogP contribution in [0.15, 0.2) is 12.1 Å². The molecule has 0 aliphatic rings. The molecular formula is C9H8ClIO4S. The van der Waals surface area contributed by atoms with Crippen molar-refractivity contribution in [3.8, 4) is 0 Å². The second-order valence-electron chi connectivity index (χ2n) is 3.31. The van der Waals surface area contributed by atoms with Crippen molar-refractivity contribution in [2.24, 2.45) is 0 Å². The molecule has 0 aliphatic carbocycles. The van der Waals surface area contributed by atoms with Gasteiger partial charge in [-0.3, -0.25) is 0 Å². The fourth-order valence-electron chi connectivity index (χ4n) is 1.19. The minimum Gasteiger partial charge on any atom is -0.478 e. The molecule has 16 heavy (non-hydrogen) atoms. The van der Waals surface area contributed by atoms with Gasteiger partial charge in [0.25, 0.3) is 0 Å². The van der Waals surface area contributed by atoms with Crippen molar-refractivity contribution >= 4 is 50.0 Å². The highest BCUT2D eigenvalue weighted by molar-refractivity contribution is 14.1. The van der Waals surface area contributed by atoms with E-state index in [0.717, 1.165) is 6.26 Å². The van der Waals surface area contributed by atoms with E-state index in [1.165, 1.54) is 6.07 Å². The number of carboxylic acids is 1. The monoisotopic (exact) mass is 374 g/mol. The predicted octanol–water partition coefficient (Wildman–Crippen LogP) is 2.19. The summed E-state index contributed by atoms with van der Waals surface area (Å²) in [4.78, 5) is 10.9. The Bertz CT molecular complexity index is 539. The average molecular weight is 375 g/mol. The van der Waals surface area contributed by atoms with Crippen LogP contribution in [0.5, 0.6) is 0 Å². The first kappa shape index (κ1) is 13.7. The summed E-state index contributed by atoms with van der Waals surface area (Å²) in [6.07, 6.45) is 1.09. The van der Waals surface area contributed by atoms with E-state index in [-0.39, 0.29) is 16.3 Å². The summed E-state index contributed by atoms with van der Waals surface area (Å²) >= 11 is 7.66. The van der Waals surface area contributed by atoms with Crippen LogP contribution in [-0.2, 0) is 15.6 Å². The number of hydrogen-bond donors (Lipinski definition) is 1. The van der Waals surface area contributed by atoms with Gasteiger partial charge in [-0.15, -0.1) is 0 Å². The normalized spacial score (nSPS) is 11.4. The number of sulfone groups is 1. The Morgan fingerprint density at radius 2 is 2.06 bits per heavy atom. The Kier molecular flexibility index (Phi) is 4.19. The summed E-state index contributed by atoms with van der Waals surface area (Å²) in [7, 11) is -3.19. The fourth-order valence-corrected chi connectivity index (χ4v) is 2.84. The van der Waals surface area contributed by atoms with Crippen molar-refractivity contribution in [2.45, 2.75) is 5.75 Å². The van der Waals surface area contributed by atoms with Crippen LogP contribution < -0.4 is 0 Å². The van der Waals surface area contributed by atoms with E-state index >= 15 is 0 Å². The van der Waals surface area contributed by atoms with Crippen LogP contribution >= 0.6 is 34.2 Å². The Balaban J connectivity index is 3.30. The number of rotatable bonds is 3. The van der Waals surface area contributed by atoms with Crippen molar-refractivity contribution in [3.63, 3.8) is 0 Å². The van der Waals surface area contributed by atoms with Gasteiger partial charge < -0.3 is 5.11 Å². The van der Waals surface area contributed by atoms with Gasteiger partial charge in [0.15, 0.2) is 9.84 Å². The van der Waals surface area contributed by atoms with E-state index in [1.807, 2.05) is 22.6 Å². The molecule has 0 saturated carbocycles. The first-order valence-electron chi connectivity index (χ1n) is 4.09. The maximum Gasteiger partial charge on any atom is 0.337 e. The molecule has 0 amide bonds. The average Bonchev–Trinajstić information content (AvgIpc) is 2.07. The maximum absolute atomic E-state index is 11.1. The SMILES string of the molecule is CS(=O)(=O)Cc1cc(I)c(Cl)c(C(=O)O)c1. The minimum absolute atomic E-state index is 0.0767. The van der Waals surface area contributed by atoms with E-state index in [2.05, 4.69) is 0 Å². The van der Waals surface area contributed by atoms with Crippen LogP contribution in [0.4, 0.5) is 0 Å². The van der Waals surface area contributed by atoms with Gasteiger partial charge >= 0.3 is 5.97 Å². The van der Waals surface area contributed by atoms with E-state index < -0.39 is 15.8 Å². The minimum atomic E-state index is -3.19. The molecule has 0 atom stereocenters. The molecule has 1 aromatic rings. The Labute approximate surface area is 112 Å². The quantitative estimate of drug-likeness (QED) is 0.823. The zero-order chi connectivity index (χ0) is 12.5. The molecule has 7 heteroatoms. The lowest BCUT2D eigenvalue weighted by Gasteiger charge is -2.06. The molecule has 0 aromatic heterocycles. The van der Waals surface area contributed by atoms with Gasteiger partial charge in [-0.25, -0.2) is 13.2 Å². The largest absolute Gasteiger partial charge is 0.478 e. The molecule has 0 radical (unpaired) electrons. The highest BCUT2D eigenvalue weighted by Crippen LogP contribution is 2.25. The Hall–Kier alpha value is -0.340. The lowest BCUT2D eigenvalue weighted by Crippen LogP contribution is -2.05. The third-order valence-corrected chi connectivity index (χ3v) is 4.18. The van der Waals surface area contributed by atoms with Gasteiger partial charge in [0.1, 0.15) is 0 Å². The molecule has 1 aromatic carbocycles. The number of halogens is 2. The molecule has 0 bridgehead atoms. The lowest BCUT2D eigenvalue weighted by atomic mass is 10.1. The third kappa shape index (κ3) is 3.60. The van der Waals surface area contributed by atoms with Gasteiger partial charge in [-0.1, -0.05) is 11.6 Å². The number of carbonyl (C=O) groups is 1. The smallest absolute Gasteiger partial charge is 0.337 e. The molecule has 0 spiro atoms. The molecule has 0 fully saturated rings. The van der Waals surface area contributed by atoms with Gasteiger partial charge in [0, 0.05) is 9.83 Å². The summed E-state index contributed by atoms with van der Waals surface area (Å²) in [5.41, 5.74) is 0.348. The summed E-state index contributed by atoms with van der Waals surface area (Å²) in [5.74, 6) is -1.36. The second-order valence-corrected chi connectivity index (χ2v) is 6.99. The van der Waals surface area contributed by atoms with E-state index in [9.17, 15) is 13.2 Å². The summed E-state index contributed by atoms with van der Waals surface area (Å²) in [5, 5.41) is 9.01. The zero-order valence-corrected chi connectivity index (χ0v) is 11.9. The summed E-state index contributed by atoms with van der Waals surface area (Å²) < 4.78 is 22.7. The molecule has 0 unspecified atom stereocenters. The van der Waals surface area contributed by atoms with E-state index in [1.54, 1.807) is 6.07 Å². The van der Waals surface area contributed by atoms with Crippen LogP contribution in [0.2, 0.25) is 5.02 Å². The van der Waals surface area contributed by atoms with Crippen LogP contribution in [0, 0.1) is 3.57 Å². The van der Waals surface area contributed by atoms with Gasteiger partial charge in [0.2, 0.25) is 0 Å². The van der Waals surface area contributed by atoms with Crippen molar-refractivity contribution < 1.29 is 18.3 Å². The van der Waals surface area contributed by atoms with E-state index in [4.69, 9.17) is 16.7 Å². The first-order valence-corrected chi connectivity index (χ1v) is 7.61. The topological polar surface area (TPSA) is 71.4 Å². The van der Waals surface area contributed by atoms with Gasteiger partial charge in [0.05, 0.1) is 16.3 Å². The number of aromatic carboxylic acids is 1. The van der Waals surface area contributed by atoms with Crippen LogP contribution in [0.1, 0.15) is 15.9 Å². The van der Waals surface area contributed by atoms with Crippen molar-refractivity contribution in [2.75, 3.05) is 6.26 Å². The van der Waals surface area contributed by atoms with Crippen molar-refractivity contribution in [3.05, 3.63) is 31.9 Å². The predicted molar refractivity (Wildman–Crippen MR) is 69.7 cm³/mol. The number of hydrogen-bond acceptors (Lipinski definition) is 3. The summed E-state index contributed by atoms with van der Waals surface area (Å²) in [6, 6.07) is 2.85. The second kappa shape index (κ2) is 4.89. The Morgan fingerprint density at radius 1 is 1.50 bits per heavy atom. The number of carboxylic acid groups (broad SMARTS) is 1. The first-order chi connectivity index (χ1) is 7.20. The highest BCUT2D eigenvalue weighted by atomic mass is 127. The van der Waals surface area contributed by atoms with Crippen molar-refractivity contribution in [1.82, 2.24) is 0 Å². The standard InChI is InChI=1S/C9H8ClIO4S/c1-16(14,15)4-5-2-6(9(12)13)8(10)7(11)3-5/h2-3H,4H2,1H3,(H,12,13). The highest BCUT2D eigenvalue weighted by Gasteiger charge is 2.15. The fraction of sp³-hybridized carbons (Fsp3) is 0.222. The molecular weight excluding hydrogens is 367 g/mol. The summed E-state index contributed by atoms with van der Waals surface area (Å²) in [6.45, 7) is 0. The zero-order valence-electron chi connectivity index (χ0n) is 8.20. The molecule has 0 saturated heterocycles. The third-order valence-electron chi connectivity index (χ3n) is 1.75. The van der Waals surface area contributed by atoms with Crippen LogP contribution in [0.25, 0.3) is 0 Å².